The van der Waals surface area contributed by atoms with E-state index in [9.17, 15) is 9.59 Å². The summed E-state index contributed by atoms with van der Waals surface area (Å²) in [6, 6.07) is 7.82. The Labute approximate surface area is 162 Å². The lowest BCUT2D eigenvalue weighted by Gasteiger charge is -2.24. The normalized spacial score (nSPS) is 18.0. The summed E-state index contributed by atoms with van der Waals surface area (Å²) in [5, 5.41) is 2.95. The van der Waals surface area contributed by atoms with Crippen LogP contribution in [0.3, 0.4) is 0 Å². The van der Waals surface area contributed by atoms with Gasteiger partial charge in [0.2, 0.25) is 11.8 Å². The SMILES string of the molecule is CCCC(C)N1CC(C(=O)Nc2cccc(COCCOCC)c2)CC1=O. The van der Waals surface area contributed by atoms with E-state index in [-0.39, 0.29) is 23.8 Å². The molecule has 2 amide bonds. The molecule has 0 aliphatic carbocycles. The Balaban J connectivity index is 1.85. The zero-order chi connectivity index (χ0) is 19.6. The minimum absolute atomic E-state index is 0.0764. The van der Waals surface area contributed by atoms with Gasteiger partial charge in [0, 0.05) is 31.3 Å². The summed E-state index contributed by atoms with van der Waals surface area (Å²) < 4.78 is 10.8. The number of benzene rings is 1. The van der Waals surface area contributed by atoms with Crippen LogP contribution in [0.4, 0.5) is 5.69 Å². The number of hydrogen-bond donors (Lipinski definition) is 1. The van der Waals surface area contributed by atoms with Crippen LogP contribution in [0.2, 0.25) is 0 Å². The molecule has 1 heterocycles. The van der Waals surface area contributed by atoms with Crippen LogP contribution >= 0.6 is 0 Å². The van der Waals surface area contributed by atoms with Crippen molar-refractivity contribution < 1.29 is 19.1 Å². The van der Waals surface area contributed by atoms with Crippen LogP contribution in [-0.4, -0.2) is 49.1 Å². The van der Waals surface area contributed by atoms with Crippen molar-refractivity contribution in [3.8, 4) is 0 Å². The number of carbonyl (C=O) groups is 2. The van der Waals surface area contributed by atoms with E-state index in [0.717, 1.165) is 24.1 Å². The number of ether oxygens (including phenoxy) is 2. The number of hydrogen-bond acceptors (Lipinski definition) is 4. The maximum absolute atomic E-state index is 12.6. The maximum Gasteiger partial charge on any atom is 0.229 e. The minimum Gasteiger partial charge on any atom is -0.379 e. The topological polar surface area (TPSA) is 67.9 Å². The first kappa shape index (κ1) is 21.4. The first-order valence-corrected chi connectivity index (χ1v) is 9.89. The van der Waals surface area contributed by atoms with Crippen molar-refractivity contribution >= 4 is 17.5 Å². The van der Waals surface area contributed by atoms with Crippen LogP contribution in [0.1, 0.15) is 45.6 Å². The fourth-order valence-corrected chi connectivity index (χ4v) is 3.34. The van der Waals surface area contributed by atoms with Crippen LogP contribution in [0, 0.1) is 5.92 Å². The summed E-state index contributed by atoms with van der Waals surface area (Å²) in [4.78, 5) is 26.7. The largest absolute Gasteiger partial charge is 0.379 e. The first-order valence-electron chi connectivity index (χ1n) is 9.89. The second-order valence-corrected chi connectivity index (χ2v) is 7.02. The molecule has 0 spiro atoms. The quantitative estimate of drug-likeness (QED) is 0.602. The van der Waals surface area contributed by atoms with Crippen molar-refractivity contribution in [3.63, 3.8) is 0 Å². The zero-order valence-corrected chi connectivity index (χ0v) is 16.7. The van der Waals surface area contributed by atoms with Gasteiger partial charge in [-0.15, -0.1) is 0 Å². The molecule has 1 aliphatic rings. The third kappa shape index (κ3) is 6.63. The Morgan fingerprint density at radius 3 is 2.81 bits per heavy atom. The van der Waals surface area contributed by atoms with Crippen molar-refractivity contribution in [2.24, 2.45) is 5.92 Å². The van der Waals surface area contributed by atoms with E-state index < -0.39 is 0 Å². The number of nitrogens with zero attached hydrogens (tertiary/aromatic N) is 1. The lowest BCUT2D eigenvalue weighted by Crippen LogP contribution is -2.35. The molecule has 0 aromatic heterocycles. The van der Waals surface area contributed by atoms with Gasteiger partial charge in [0.05, 0.1) is 25.7 Å². The second-order valence-electron chi connectivity index (χ2n) is 7.02. The molecule has 150 valence electrons. The molecular weight excluding hydrogens is 344 g/mol. The molecule has 1 N–H and O–H groups in total. The molecule has 2 rings (SSSR count). The van der Waals surface area contributed by atoms with Gasteiger partial charge in [-0.3, -0.25) is 9.59 Å². The van der Waals surface area contributed by atoms with Crippen molar-refractivity contribution in [2.75, 3.05) is 31.7 Å². The van der Waals surface area contributed by atoms with Crippen molar-refractivity contribution in [1.29, 1.82) is 0 Å². The lowest BCUT2D eigenvalue weighted by molar-refractivity contribution is -0.129. The van der Waals surface area contributed by atoms with Gasteiger partial charge in [-0.1, -0.05) is 25.5 Å². The predicted octanol–water partition coefficient (Wildman–Crippen LogP) is 3.22. The molecule has 1 aromatic carbocycles. The molecule has 27 heavy (non-hydrogen) atoms. The maximum atomic E-state index is 12.6. The summed E-state index contributed by atoms with van der Waals surface area (Å²) >= 11 is 0. The van der Waals surface area contributed by atoms with Crippen LogP contribution < -0.4 is 5.32 Å². The van der Waals surface area contributed by atoms with Gasteiger partial charge in [-0.05, 0) is 38.0 Å². The van der Waals surface area contributed by atoms with E-state index in [1.54, 1.807) is 0 Å². The number of anilines is 1. The fourth-order valence-electron chi connectivity index (χ4n) is 3.34. The summed E-state index contributed by atoms with van der Waals surface area (Å²) in [6.07, 6.45) is 2.28. The molecule has 0 saturated carbocycles. The highest BCUT2D eigenvalue weighted by Gasteiger charge is 2.36. The molecule has 1 aromatic rings. The average Bonchev–Trinajstić information content (AvgIpc) is 3.04. The van der Waals surface area contributed by atoms with Crippen LogP contribution in [0.25, 0.3) is 0 Å². The standard InChI is InChI=1S/C21H32N2O4/c1-4-7-16(3)23-14-18(13-20(23)24)21(25)22-19-9-6-8-17(12-19)15-27-11-10-26-5-2/h6,8-9,12,16,18H,4-5,7,10-11,13-15H2,1-3H3,(H,22,25). The van der Waals surface area contributed by atoms with Crippen LogP contribution in [-0.2, 0) is 25.7 Å². The molecule has 2 unspecified atom stereocenters. The number of carbonyl (C=O) groups excluding carboxylic acids is 2. The number of nitrogens with one attached hydrogen (secondary N) is 1. The van der Waals surface area contributed by atoms with Crippen LogP contribution in [0.5, 0.6) is 0 Å². The Morgan fingerprint density at radius 1 is 1.30 bits per heavy atom. The van der Waals surface area contributed by atoms with E-state index in [0.29, 0.717) is 39.4 Å². The molecule has 0 radical (unpaired) electrons. The Bertz CT molecular complexity index is 620. The van der Waals surface area contributed by atoms with E-state index in [1.165, 1.54) is 0 Å². The van der Waals surface area contributed by atoms with Gasteiger partial charge in [0.25, 0.3) is 0 Å². The van der Waals surface area contributed by atoms with Crippen molar-refractivity contribution in [3.05, 3.63) is 29.8 Å². The Morgan fingerprint density at radius 2 is 2.07 bits per heavy atom. The third-order valence-electron chi connectivity index (χ3n) is 4.81. The van der Waals surface area contributed by atoms with Gasteiger partial charge < -0.3 is 19.7 Å². The molecule has 0 bridgehead atoms. The average molecular weight is 376 g/mol. The second kappa shape index (κ2) is 11.0. The third-order valence-corrected chi connectivity index (χ3v) is 4.81. The van der Waals surface area contributed by atoms with Crippen molar-refractivity contribution in [2.45, 2.75) is 52.7 Å². The molecule has 1 saturated heterocycles. The Kier molecular flexibility index (Phi) is 8.75. The summed E-state index contributed by atoms with van der Waals surface area (Å²) in [5.74, 6) is -0.306. The Hall–Kier alpha value is -1.92. The highest BCUT2D eigenvalue weighted by Crippen LogP contribution is 2.23. The fraction of sp³-hybridized carbons (Fsp3) is 0.619. The molecule has 2 atom stereocenters. The zero-order valence-electron chi connectivity index (χ0n) is 16.7. The van der Waals surface area contributed by atoms with Gasteiger partial charge in [-0.25, -0.2) is 0 Å². The monoisotopic (exact) mass is 376 g/mol. The van der Waals surface area contributed by atoms with Gasteiger partial charge in [0.1, 0.15) is 0 Å². The van der Waals surface area contributed by atoms with Crippen molar-refractivity contribution in [1.82, 2.24) is 4.90 Å². The smallest absolute Gasteiger partial charge is 0.229 e. The molecule has 1 aliphatic heterocycles. The molecular formula is C21H32N2O4. The van der Waals surface area contributed by atoms with E-state index in [1.807, 2.05) is 36.1 Å². The van der Waals surface area contributed by atoms with Gasteiger partial charge in [0.15, 0.2) is 0 Å². The van der Waals surface area contributed by atoms with E-state index in [2.05, 4.69) is 19.2 Å². The summed E-state index contributed by atoms with van der Waals surface area (Å²) in [5.41, 5.74) is 1.73. The highest BCUT2D eigenvalue weighted by molar-refractivity contribution is 5.97. The molecule has 6 heteroatoms. The summed E-state index contributed by atoms with van der Waals surface area (Å²) in [7, 11) is 0. The van der Waals surface area contributed by atoms with Gasteiger partial charge >= 0.3 is 0 Å². The predicted molar refractivity (Wildman–Crippen MR) is 105 cm³/mol. The summed E-state index contributed by atoms with van der Waals surface area (Å²) in [6.45, 7) is 8.89. The van der Waals surface area contributed by atoms with Gasteiger partial charge in [-0.2, -0.15) is 0 Å². The minimum atomic E-state index is -0.289. The highest BCUT2D eigenvalue weighted by atomic mass is 16.5. The molecule has 6 nitrogen and oxygen atoms in total. The van der Waals surface area contributed by atoms with Crippen LogP contribution in [0.15, 0.2) is 24.3 Å². The lowest BCUT2D eigenvalue weighted by atomic mass is 10.1. The molecule has 1 fully saturated rings. The number of amides is 2. The van der Waals surface area contributed by atoms with E-state index in [4.69, 9.17) is 9.47 Å². The number of rotatable bonds is 11. The number of likely N-dealkylation sites (tertiary alicyclic amines) is 1. The van der Waals surface area contributed by atoms with E-state index >= 15 is 0 Å². The first-order chi connectivity index (χ1) is 13.0.